The van der Waals surface area contributed by atoms with Crippen LogP contribution in [0.2, 0.25) is 0 Å². The van der Waals surface area contributed by atoms with Gasteiger partial charge in [0.05, 0.1) is 0 Å². The monoisotopic (exact) mass is 175 g/mol. The van der Waals surface area contributed by atoms with Gasteiger partial charge < -0.3 is 5.02 Å². The van der Waals surface area contributed by atoms with Crippen LogP contribution in [0.1, 0.15) is 26.2 Å². The molecule has 2 heteroatoms. The third kappa shape index (κ3) is 2.59. The van der Waals surface area contributed by atoms with Gasteiger partial charge in [0.25, 0.3) is 0 Å². The van der Waals surface area contributed by atoms with Crippen LogP contribution in [0, 0.1) is 5.92 Å². The summed E-state index contributed by atoms with van der Waals surface area (Å²) in [5.74, 6) is 0.674. The molecule has 0 aromatic heterocycles. The molecule has 13 heavy (non-hydrogen) atoms. The Morgan fingerprint density at radius 1 is 1.54 bits per heavy atom. The molecule has 1 radical (unpaired) electrons. The first-order valence-electron chi connectivity index (χ1n) is 4.79. The maximum atomic E-state index is 8.87. The zero-order chi connectivity index (χ0) is 9.68. The van der Waals surface area contributed by atoms with Crippen LogP contribution in [0.15, 0.2) is 35.9 Å². The van der Waals surface area contributed by atoms with E-state index in [1.165, 1.54) is 24.8 Å². The van der Waals surface area contributed by atoms with E-state index in [4.69, 9.17) is 5.02 Å². The van der Waals surface area contributed by atoms with Crippen LogP contribution < -0.4 is 0 Å². The van der Waals surface area contributed by atoms with E-state index in [0.717, 1.165) is 13.0 Å². The summed E-state index contributed by atoms with van der Waals surface area (Å²) in [7, 11) is 1.14. The summed E-state index contributed by atoms with van der Waals surface area (Å²) >= 11 is 0. The molecular weight excluding hydrogens is 159 g/mol. The topological polar surface area (TPSA) is 20.2 Å². The standard InChI is InChI=1S/C11H16BO/c1-3-9(10-6-5-7-10)8-11(4-2)12-13/h3-4,8,10,13H,1,5-7H2,2H3/b9-8+,11-4+. The van der Waals surface area contributed by atoms with E-state index < -0.39 is 0 Å². The maximum Gasteiger partial charge on any atom is 0.326 e. The van der Waals surface area contributed by atoms with Gasteiger partial charge in [-0.05, 0) is 31.3 Å². The first-order valence-corrected chi connectivity index (χ1v) is 4.79. The molecule has 0 heterocycles. The Balaban J connectivity index is 2.68. The van der Waals surface area contributed by atoms with Crippen LogP contribution >= 0.6 is 0 Å². The summed E-state index contributed by atoms with van der Waals surface area (Å²) in [4.78, 5) is 0. The molecule has 0 spiro atoms. The summed E-state index contributed by atoms with van der Waals surface area (Å²) in [6.07, 6.45) is 9.65. The number of hydrogen-bond donors (Lipinski definition) is 1. The predicted octanol–water partition coefficient (Wildman–Crippen LogP) is 2.41. The number of hydrogen-bond acceptors (Lipinski definition) is 1. The van der Waals surface area contributed by atoms with E-state index in [2.05, 4.69) is 6.58 Å². The molecule has 1 fully saturated rings. The highest BCUT2D eigenvalue weighted by Crippen LogP contribution is 2.33. The SMILES string of the molecule is C=C/C(=C\C([B]O)=C/C)C1CCC1. The van der Waals surface area contributed by atoms with Crippen molar-refractivity contribution < 1.29 is 5.02 Å². The summed E-state index contributed by atoms with van der Waals surface area (Å²) < 4.78 is 0. The quantitative estimate of drug-likeness (QED) is 0.513. The molecule has 1 aliphatic carbocycles. The van der Waals surface area contributed by atoms with Crippen molar-refractivity contribution >= 4 is 7.48 Å². The highest BCUT2D eigenvalue weighted by atomic mass is 16.2. The number of allylic oxidation sites excluding steroid dienone is 5. The third-order valence-electron chi connectivity index (χ3n) is 2.63. The molecule has 0 aromatic rings. The zero-order valence-corrected chi connectivity index (χ0v) is 8.16. The molecule has 0 aromatic carbocycles. The van der Waals surface area contributed by atoms with E-state index in [1.807, 2.05) is 25.2 Å². The summed E-state index contributed by atoms with van der Waals surface area (Å²) in [5, 5.41) is 8.87. The van der Waals surface area contributed by atoms with Gasteiger partial charge in [0.15, 0.2) is 0 Å². The Morgan fingerprint density at radius 2 is 2.23 bits per heavy atom. The molecule has 0 bridgehead atoms. The Kier molecular flexibility index (Phi) is 4.03. The van der Waals surface area contributed by atoms with Gasteiger partial charge in [-0.15, -0.1) is 0 Å². The first-order chi connectivity index (χ1) is 6.31. The lowest BCUT2D eigenvalue weighted by atomic mass is 9.76. The number of rotatable bonds is 4. The third-order valence-corrected chi connectivity index (χ3v) is 2.63. The van der Waals surface area contributed by atoms with E-state index >= 15 is 0 Å². The van der Waals surface area contributed by atoms with Gasteiger partial charge in [-0.3, -0.25) is 0 Å². The Morgan fingerprint density at radius 3 is 2.54 bits per heavy atom. The minimum absolute atomic E-state index is 0.674. The smallest absolute Gasteiger partial charge is 0.326 e. The molecule has 0 atom stereocenters. The van der Waals surface area contributed by atoms with Crippen LogP contribution in [-0.4, -0.2) is 12.5 Å². The van der Waals surface area contributed by atoms with Crippen molar-refractivity contribution in [3.8, 4) is 0 Å². The van der Waals surface area contributed by atoms with Crippen molar-refractivity contribution in [1.29, 1.82) is 0 Å². The predicted molar refractivity (Wildman–Crippen MR) is 57.4 cm³/mol. The van der Waals surface area contributed by atoms with Crippen LogP contribution in [0.4, 0.5) is 0 Å². The molecule has 1 nitrogen and oxygen atoms in total. The largest absolute Gasteiger partial charge is 0.450 e. The van der Waals surface area contributed by atoms with E-state index in [9.17, 15) is 0 Å². The van der Waals surface area contributed by atoms with Crippen molar-refractivity contribution in [2.24, 2.45) is 5.92 Å². The van der Waals surface area contributed by atoms with Crippen molar-refractivity contribution in [3.05, 3.63) is 35.9 Å². The lowest BCUT2D eigenvalue weighted by Gasteiger charge is -2.26. The molecule has 0 unspecified atom stereocenters. The van der Waals surface area contributed by atoms with Gasteiger partial charge in [-0.25, -0.2) is 0 Å². The van der Waals surface area contributed by atoms with Gasteiger partial charge in [0.2, 0.25) is 0 Å². The lowest BCUT2D eigenvalue weighted by molar-refractivity contribution is 0.374. The van der Waals surface area contributed by atoms with Crippen LogP contribution in [0.25, 0.3) is 0 Å². The molecule has 1 rings (SSSR count). The molecule has 69 valence electrons. The lowest BCUT2D eigenvalue weighted by Crippen LogP contribution is -2.13. The van der Waals surface area contributed by atoms with Gasteiger partial charge in [-0.2, -0.15) is 0 Å². The zero-order valence-electron chi connectivity index (χ0n) is 8.16. The van der Waals surface area contributed by atoms with Crippen LogP contribution in [0.3, 0.4) is 0 Å². The van der Waals surface area contributed by atoms with Gasteiger partial charge in [0, 0.05) is 0 Å². The van der Waals surface area contributed by atoms with Crippen molar-refractivity contribution in [2.75, 3.05) is 0 Å². The molecule has 0 saturated heterocycles. The first kappa shape index (κ1) is 10.3. The Hall–Kier alpha value is -0.755. The van der Waals surface area contributed by atoms with Gasteiger partial charge in [-0.1, -0.05) is 36.7 Å². The minimum atomic E-state index is 0.674. The minimum Gasteiger partial charge on any atom is -0.450 e. The summed E-state index contributed by atoms with van der Waals surface area (Å²) in [5.41, 5.74) is 2.12. The molecule has 1 N–H and O–H groups in total. The molecule has 1 saturated carbocycles. The molecule has 0 aliphatic heterocycles. The fourth-order valence-electron chi connectivity index (χ4n) is 1.47. The Labute approximate surface area is 81.1 Å². The Bertz CT molecular complexity index is 236. The van der Waals surface area contributed by atoms with E-state index in [0.29, 0.717) is 5.92 Å². The van der Waals surface area contributed by atoms with Crippen molar-refractivity contribution in [3.63, 3.8) is 0 Å². The second kappa shape index (κ2) is 5.08. The van der Waals surface area contributed by atoms with Crippen molar-refractivity contribution in [2.45, 2.75) is 26.2 Å². The second-order valence-corrected chi connectivity index (χ2v) is 3.39. The molecular formula is C11H16BO. The van der Waals surface area contributed by atoms with Crippen molar-refractivity contribution in [1.82, 2.24) is 0 Å². The summed E-state index contributed by atoms with van der Waals surface area (Å²) in [6.45, 7) is 5.71. The highest BCUT2D eigenvalue weighted by Gasteiger charge is 2.19. The van der Waals surface area contributed by atoms with Crippen LogP contribution in [0.5, 0.6) is 0 Å². The van der Waals surface area contributed by atoms with Gasteiger partial charge in [0.1, 0.15) is 0 Å². The normalized spacial score (nSPS) is 19.5. The average molecular weight is 175 g/mol. The fraction of sp³-hybridized carbons (Fsp3) is 0.455. The van der Waals surface area contributed by atoms with Gasteiger partial charge >= 0.3 is 7.48 Å². The average Bonchev–Trinajstić information content (AvgIpc) is 2.08. The van der Waals surface area contributed by atoms with E-state index in [-0.39, 0.29) is 0 Å². The maximum absolute atomic E-state index is 8.87. The fourth-order valence-corrected chi connectivity index (χ4v) is 1.47. The molecule has 1 aliphatic rings. The highest BCUT2D eigenvalue weighted by molar-refractivity contribution is 6.37. The van der Waals surface area contributed by atoms with Crippen LogP contribution in [-0.2, 0) is 0 Å². The summed E-state index contributed by atoms with van der Waals surface area (Å²) in [6, 6.07) is 0. The molecule has 0 amide bonds. The van der Waals surface area contributed by atoms with E-state index in [1.54, 1.807) is 0 Å². The second-order valence-electron chi connectivity index (χ2n) is 3.39.